The van der Waals surface area contributed by atoms with Crippen LogP contribution in [0.3, 0.4) is 0 Å². The van der Waals surface area contributed by atoms with Crippen LogP contribution >= 0.6 is 0 Å². The first-order valence-electron chi connectivity index (χ1n) is 7.61. The predicted octanol–water partition coefficient (Wildman–Crippen LogP) is 2.39. The van der Waals surface area contributed by atoms with E-state index in [9.17, 15) is 4.79 Å². The molecule has 2 heterocycles. The van der Waals surface area contributed by atoms with Gasteiger partial charge >= 0.3 is 6.09 Å². The Kier molecular flexibility index (Phi) is 3.04. The molecule has 19 heavy (non-hydrogen) atoms. The first kappa shape index (κ1) is 13.2. The van der Waals surface area contributed by atoms with Crippen LogP contribution in [0.2, 0.25) is 0 Å². The molecule has 4 heteroatoms. The Hall–Kier alpha value is -0.770. The number of nitrogens with one attached hydrogen (secondary N) is 1. The van der Waals surface area contributed by atoms with Gasteiger partial charge in [-0.3, -0.25) is 0 Å². The van der Waals surface area contributed by atoms with E-state index in [1.54, 1.807) is 0 Å². The molecule has 0 radical (unpaired) electrons. The number of hydrogen-bond acceptors (Lipinski definition) is 3. The Balaban J connectivity index is 1.56. The number of hydrogen-bond donors (Lipinski definition) is 1. The molecule has 0 aromatic rings. The molecule has 4 nitrogen and oxygen atoms in total. The van der Waals surface area contributed by atoms with E-state index in [1.807, 2.05) is 25.7 Å². The Morgan fingerprint density at radius 2 is 1.95 bits per heavy atom. The molecular formula is C15H26N2O2. The summed E-state index contributed by atoms with van der Waals surface area (Å²) in [6.45, 7) is 8.71. The molecule has 1 aliphatic carbocycles. The third kappa shape index (κ3) is 2.35. The van der Waals surface area contributed by atoms with Gasteiger partial charge in [0.2, 0.25) is 0 Å². The number of rotatable bonds is 0. The number of carbonyl (C=O) groups excluding carboxylic acids is 1. The topological polar surface area (TPSA) is 41.6 Å². The van der Waals surface area contributed by atoms with E-state index in [0.717, 1.165) is 37.9 Å². The summed E-state index contributed by atoms with van der Waals surface area (Å²) in [5, 5.41) is 3.62. The van der Waals surface area contributed by atoms with Gasteiger partial charge in [0.25, 0.3) is 0 Å². The first-order chi connectivity index (χ1) is 8.90. The highest BCUT2D eigenvalue weighted by Gasteiger charge is 2.53. The van der Waals surface area contributed by atoms with Crippen molar-refractivity contribution >= 4 is 6.09 Å². The lowest BCUT2D eigenvalue weighted by molar-refractivity contribution is 0.00181. The van der Waals surface area contributed by atoms with Crippen molar-refractivity contribution in [1.29, 1.82) is 0 Å². The fourth-order valence-corrected chi connectivity index (χ4v) is 4.04. The second kappa shape index (κ2) is 4.37. The highest BCUT2D eigenvalue weighted by atomic mass is 16.6. The maximum Gasteiger partial charge on any atom is 0.410 e. The normalized spacial score (nSPS) is 32.9. The molecular weight excluding hydrogens is 240 g/mol. The maximum absolute atomic E-state index is 12.1. The van der Waals surface area contributed by atoms with E-state index in [2.05, 4.69) is 5.32 Å². The zero-order valence-electron chi connectivity index (χ0n) is 12.4. The fourth-order valence-electron chi connectivity index (χ4n) is 4.04. The lowest BCUT2D eigenvalue weighted by atomic mass is 9.70. The Morgan fingerprint density at radius 3 is 2.42 bits per heavy atom. The minimum atomic E-state index is -0.389. The van der Waals surface area contributed by atoms with Crippen LogP contribution in [0.25, 0.3) is 0 Å². The van der Waals surface area contributed by atoms with Crippen molar-refractivity contribution in [2.75, 3.05) is 19.6 Å². The average Bonchev–Trinajstić information content (AvgIpc) is 2.48. The van der Waals surface area contributed by atoms with Gasteiger partial charge in [0.05, 0.1) is 0 Å². The molecule has 1 amide bonds. The number of piperidine rings is 1. The molecule has 1 spiro atoms. The highest BCUT2D eigenvalue weighted by molar-refractivity contribution is 5.68. The van der Waals surface area contributed by atoms with Gasteiger partial charge in [0.1, 0.15) is 5.60 Å². The van der Waals surface area contributed by atoms with Crippen molar-refractivity contribution < 1.29 is 9.53 Å². The van der Waals surface area contributed by atoms with Gasteiger partial charge in [-0.25, -0.2) is 4.79 Å². The van der Waals surface area contributed by atoms with Crippen molar-refractivity contribution in [3.8, 4) is 0 Å². The summed E-state index contributed by atoms with van der Waals surface area (Å²) in [5.74, 6) is 0.910. The molecule has 0 aromatic carbocycles. The molecule has 2 unspecified atom stereocenters. The van der Waals surface area contributed by atoms with E-state index >= 15 is 0 Å². The van der Waals surface area contributed by atoms with E-state index in [1.165, 1.54) is 19.4 Å². The minimum absolute atomic E-state index is 0.140. The van der Waals surface area contributed by atoms with Gasteiger partial charge in [-0.05, 0) is 64.3 Å². The SMILES string of the molecule is CC(C)(C)OC(=O)N1CCC2(CCC3CNC32)CC1. The van der Waals surface area contributed by atoms with Crippen LogP contribution in [-0.2, 0) is 4.74 Å². The first-order valence-corrected chi connectivity index (χ1v) is 7.61. The van der Waals surface area contributed by atoms with Gasteiger partial charge in [0, 0.05) is 19.1 Å². The van der Waals surface area contributed by atoms with Crippen LogP contribution in [0, 0.1) is 11.3 Å². The van der Waals surface area contributed by atoms with Crippen LogP contribution < -0.4 is 5.32 Å². The van der Waals surface area contributed by atoms with Crippen molar-refractivity contribution in [2.45, 2.75) is 58.1 Å². The summed E-state index contributed by atoms with van der Waals surface area (Å²) in [4.78, 5) is 14.0. The third-order valence-corrected chi connectivity index (χ3v) is 5.16. The Bertz CT molecular complexity index is 367. The third-order valence-electron chi connectivity index (χ3n) is 5.16. The van der Waals surface area contributed by atoms with Crippen molar-refractivity contribution in [2.24, 2.45) is 11.3 Å². The summed E-state index contributed by atoms with van der Waals surface area (Å²) in [5.41, 5.74) is 0.0849. The Morgan fingerprint density at radius 1 is 1.26 bits per heavy atom. The quantitative estimate of drug-likeness (QED) is 0.732. The molecule has 108 valence electrons. The van der Waals surface area contributed by atoms with Crippen LogP contribution in [0.4, 0.5) is 4.79 Å². The molecule has 3 rings (SSSR count). The fraction of sp³-hybridized carbons (Fsp3) is 0.933. The van der Waals surface area contributed by atoms with Crippen LogP contribution in [0.15, 0.2) is 0 Å². The van der Waals surface area contributed by atoms with Crippen LogP contribution in [-0.4, -0.2) is 42.3 Å². The zero-order chi connectivity index (χ0) is 13.7. The molecule has 2 saturated heterocycles. The molecule has 0 aromatic heterocycles. The monoisotopic (exact) mass is 266 g/mol. The lowest BCUT2D eigenvalue weighted by Gasteiger charge is -2.48. The number of carbonyl (C=O) groups is 1. The summed E-state index contributed by atoms with van der Waals surface area (Å²) < 4.78 is 5.46. The Labute approximate surface area is 115 Å². The second-order valence-corrected chi connectivity index (χ2v) is 7.51. The van der Waals surface area contributed by atoms with E-state index in [0.29, 0.717) is 5.41 Å². The smallest absolute Gasteiger partial charge is 0.410 e. The van der Waals surface area contributed by atoms with E-state index in [-0.39, 0.29) is 11.7 Å². The lowest BCUT2D eigenvalue weighted by Crippen LogP contribution is -2.59. The highest BCUT2D eigenvalue weighted by Crippen LogP contribution is 2.51. The van der Waals surface area contributed by atoms with Gasteiger partial charge in [-0.2, -0.15) is 0 Å². The van der Waals surface area contributed by atoms with E-state index in [4.69, 9.17) is 4.74 Å². The average molecular weight is 266 g/mol. The summed E-state index contributed by atoms with van der Waals surface area (Å²) in [6.07, 6.45) is 4.86. The van der Waals surface area contributed by atoms with Crippen molar-refractivity contribution in [1.82, 2.24) is 10.2 Å². The van der Waals surface area contributed by atoms with Gasteiger partial charge in [0.15, 0.2) is 0 Å². The molecule has 2 atom stereocenters. The van der Waals surface area contributed by atoms with Crippen molar-refractivity contribution in [3.05, 3.63) is 0 Å². The standard InChI is InChI=1S/C15H26N2O2/c1-14(2,3)19-13(18)17-8-6-15(7-9-17)5-4-11-10-16-12(11)15/h11-12,16H,4-10H2,1-3H3. The molecule has 1 N–H and O–H groups in total. The van der Waals surface area contributed by atoms with Gasteiger partial charge < -0.3 is 15.0 Å². The molecule has 2 aliphatic heterocycles. The van der Waals surface area contributed by atoms with Crippen LogP contribution in [0.5, 0.6) is 0 Å². The summed E-state index contributed by atoms with van der Waals surface area (Å²) in [7, 11) is 0. The molecule has 0 bridgehead atoms. The zero-order valence-corrected chi connectivity index (χ0v) is 12.4. The van der Waals surface area contributed by atoms with Gasteiger partial charge in [-0.1, -0.05) is 0 Å². The number of amides is 1. The summed E-state index contributed by atoms with van der Waals surface area (Å²) in [6, 6.07) is 0.730. The minimum Gasteiger partial charge on any atom is -0.444 e. The number of ether oxygens (including phenoxy) is 1. The molecule has 3 fully saturated rings. The second-order valence-electron chi connectivity index (χ2n) is 7.51. The van der Waals surface area contributed by atoms with Crippen LogP contribution in [0.1, 0.15) is 46.5 Å². The number of nitrogens with zero attached hydrogens (tertiary/aromatic N) is 1. The summed E-state index contributed by atoms with van der Waals surface area (Å²) >= 11 is 0. The van der Waals surface area contributed by atoms with E-state index < -0.39 is 0 Å². The van der Waals surface area contributed by atoms with Crippen molar-refractivity contribution in [3.63, 3.8) is 0 Å². The molecule has 3 aliphatic rings. The number of fused-ring (bicyclic) bond motifs is 2. The maximum atomic E-state index is 12.1. The number of likely N-dealkylation sites (tertiary alicyclic amines) is 1. The van der Waals surface area contributed by atoms with Gasteiger partial charge in [-0.15, -0.1) is 0 Å². The largest absolute Gasteiger partial charge is 0.444 e. The predicted molar refractivity (Wildman–Crippen MR) is 74.0 cm³/mol. The molecule has 1 saturated carbocycles.